The predicted octanol–water partition coefficient (Wildman–Crippen LogP) is 8.03. The minimum Gasteiger partial charge on any atom is -0.0998 e. The molecule has 0 nitrogen and oxygen atoms in total. The van der Waals surface area contributed by atoms with Crippen molar-refractivity contribution in [2.24, 2.45) is 46.3 Å². The lowest BCUT2D eigenvalue weighted by Crippen LogP contribution is -2.48. The van der Waals surface area contributed by atoms with Crippen molar-refractivity contribution < 1.29 is 0 Å². The summed E-state index contributed by atoms with van der Waals surface area (Å²) in [6.07, 6.45) is 18.0. The Kier molecular flexibility index (Phi) is 5.11. The highest BCUT2D eigenvalue weighted by atomic mass is 14.6. The van der Waals surface area contributed by atoms with Crippen LogP contribution in [0.25, 0.3) is 0 Å². The van der Waals surface area contributed by atoms with Gasteiger partial charge in [0.15, 0.2) is 0 Å². The molecule has 0 N–H and O–H groups in total. The normalized spacial score (nSPS) is 51.1. The average molecular weight is 357 g/mol. The molecule has 0 bridgehead atoms. The lowest BCUT2D eigenvalue weighted by atomic mass is 9.49. The molecule has 0 radical (unpaired) electrons. The van der Waals surface area contributed by atoms with Gasteiger partial charge in [0.05, 0.1) is 0 Å². The Labute approximate surface area is 163 Å². The first-order valence-corrected chi connectivity index (χ1v) is 12.1. The number of hydrogen-bond acceptors (Lipinski definition) is 0. The fourth-order valence-electron chi connectivity index (χ4n) is 8.80. The number of allylic oxidation sites excluding steroid dienone is 1. The van der Waals surface area contributed by atoms with Crippen LogP contribution < -0.4 is 0 Å². The zero-order chi connectivity index (χ0) is 18.5. The zero-order valence-corrected chi connectivity index (χ0v) is 18.2. The molecule has 4 rings (SSSR count). The molecule has 0 heteroatoms. The molecule has 0 spiro atoms. The van der Waals surface area contributed by atoms with Crippen LogP contribution >= 0.6 is 0 Å². The average Bonchev–Trinajstić information content (AvgIpc) is 2.96. The van der Waals surface area contributed by atoms with E-state index < -0.39 is 0 Å². The lowest BCUT2D eigenvalue weighted by molar-refractivity contribution is -0.0591. The SMILES string of the molecule is C=C(C)C1CCC2C3CCC4CC[C@@](C)(CC)CCC4C3CCC12CC. The van der Waals surface area contributed by atoms with Gasteiger partial charge in [-0.3, -0.25) is 0 Å². The van der Waals surface area contributed by atoms with Crippen molar-refractivity contribution >= 4 is 0 Å². The number of rotatable bonds is 3. The van der Waals surface area contributed by atoms with E-state index in [9.17, 15) is 0 Å². The minimum atomic E-state index is 0.627. The van der Waals surface area contributed by atoms with E-state index in [0.29, 0.717) is 10.8 Å². The fraction of sp³-hybridized carbons (Fsp3) is 0.923. The third-order valence-corrected chi connectivity index (χ3v) is 10.5. The van der Waals surface area contributed by atoms with Crippen molar-refractivity contribution in [2.45, 2.75) is 105 Å². The highest BCUT2D eigenvalue weighted by Gasteiger charge is 2.58. The molecular formula is C26H44. The molecule has 0 aromatic carbocycles. The molecule has 0 aromatic rings. The summed E-state index contributed by atoms with van der Waals surface area (Å²) in [6, 6.07) is 0. The van der Waals surface area contributed by atoms with Crippen LogP contribution in [-0.2, 0) is 0 Å². The summed E-state index contributed by atoms with van der Waals surface area (Å²) in [5.41, 5.74) is 2.77. The Morgan fingerprint density at radius 1 is 0.808 bits per heavy atom. The van der Waals surface area contributed by atoms with Crippen molar-refractivity contribution in [1.29, 1.82) is 0 Å². The van der Waals surface area contributed by atoms with Crippen LogP contribution in [0.15, 0.2) is 12.2 Å². The van der Waals surface area contributed by atoms with Gasteiger partial charge in [0.1, 0.15) is 0 Å². The van der Waals surface area contributed by atoms with E-state index >= 15 is 0 Å². The van der Waals surface area contributed by atoms with Gasteiger partial charge in [0.25, 0.3) is 0 Å². The van der Waals surface area contributed by atoms with E-state index in [0.717, 1.165) is 35.5 Å². The molecule has 0 heterocycles. The van der Waals surface area contributed by atoms with Crippen molar-refractivity contribution in [3.8, 4) is 0 Å². The highest BCUT2D eigenvalue weighted by Crippen LogP contribution is 2.66. The molecule has 4 aliphatic carbocycles. The van der Waals surface area contributed by atoms with E-state index in [1.807, 2.05) is 0 Å². The number of hydrogen-bond donors (Lipinski definition) is 0. The van der Waals surface area contributed by atoms with Gasteiger partial charge in [-0.05, 0) is 124 Å². The molecule has 4 aliphatic rings. The standard InChI is InChI=1S/C26H44/c1-6-25(5)15-12-19-8-9-22-21(20(19)13-16-25)14-17-26(7-2)23(18(3)4)10-11-24(22)26/h19-24H,3,6-17H2,1-2,4-5H3/t19?,20?,21?,22?,23?,24?,25-,26?/m1/s1. The van der Waals surface area contributed by atoms with E-state index in [4.69, 9.17) is 0 Å². The van der Waals surface area contributed by atoms with Gasteiger partial charge in [-0.15, -0.1) is 0 Å². The van der Waals surface area contributed by atoms with Crippen LogP contribution in [-0.4, -0.2) is 0 Å². The van der Waals surface area contributed by atoms with Crippen LogP contribution in [0.3, 0.4) is 0 Å². The first-order valence-electron chi connectivity index (χ1n) is 12.1. The molecule has 0 aliphatic heterocycles. The molecule has 26 heavy (non-hydrogen) atoms. The van der Waals surface area contributed by atoms with Gasteiger partial charge in [-0.2, -0.15) is 0 Å². The molecule has 0 saturated heterocycles. The molecule has 0 aromatic heterocycles. The van der Waals surface area contributed by atoms with Crippen LogP contribution in [0, 0.1) is 46.3 Å². The summed E-state index contributed by atoms with van der Waals surface area (Å²) in [5.74, 6) is 6.11. The first-order chi connectivity index (χ1) is 12.4. The van der Waals surface area contributed by atoms with Crippen LogP contribution in [0.5, 0.6) is 0 Å². The third-order valence-electron chi connectivity index (χ3n) is 10.5. The van der Waals surface area contributed by atoms with Gasteiger partial charge in [-0.25, -0.2) is 0 Å². The van der Waals surface area contributed by atoms with Crippen molar-refractivity contribution in [2.75, 3.05) is 0 Å². The largest absolute Gasteiger partial charge is 0.0998 e. The monoisotopic (exact) mass is 356 g/mol. The molecule has 148 valence electrons. The smallest absolute Gasteiger partial charge is 0.0149 e. The summed E-state index contributed by atoms with van der Waals surface area (Å²) in [6.45, 7) is 14.3. The maximum absolute atomic E-state index is 4.43. The lowest BCUT2D eigenvalue weighted by Gasteiger charge is -2.56. The molecule has 4 fully saturated rings. The van der Waals surface area contributed by atoms with Crippen LogP contribution in [0.4, 0.5) is 0 Å². The zero-order valence-electron chi connectivity index (χ0n) is 18.2. The van der Waals surface area contributed by atoms with E-state index in [2.05, 4.69) is 34.3 Å². The van der Waals surface area contributed by atoms with Gasteiger partial charge >= 0.3 is 0 Å². The second-order valence-electron chi connectivity index (χ2n) is 11.3. The van der Waals surface area contributed by atoms with Crippen LogP contribution in [0.1, 0.15) is 105 Å². The van der Waals surface area contributed by atoms with E-state index in [-0.39, 0.29) is 0 Å². The second-order valence-corrected chi connectivity index (χ2v) is 11.3. The maximum Gasteiger partial charge on any atom is -0.0149 e. The Balaban J connectivity index is 1.57. The van der Waals surface area contributed by atoms with Gasteiger partial charge in [0.2, 0.25) is 0 Å². The molecule has 0 amide bonds. The minimum absolute atomic E-state index is 0.627. The van der Waals surface area contributed by atoms with Gasteiger partial charge < -0.3 is 0 Å². The Bertz CT molecular complexity index is 532. The first kappa shape index (κ1) is 19.1. The van der Waals surface area contributed by atoms with E-state index in [1.165, 1.54) is 56.9 Å². The summed E-state index contributed by atoms with van der Waals surface area (Å²) in [7, 11) is 0. The summed E-state index contributed by atoms with van der Waals surface area (Å²) in [5, 5.41) is 0. The number of fused-ring (bicyclic) bond motifs is 5. The Morgan fingerprint density at radius 3 is 2.23 bits per heavy atom. The molecule has 4 saturated carbocycles. The molecular weight excluding hydrogens is 312 g/mol. The highest BCUT2D eigenvalue weighted by molar-refractivity contribution is 5.14. The Hall–Kier alpha value is -0.260. The maximum atomic E-state index is 4.43. The second kappa shape index (κ2) is 6.97. The summed E-state index contributed by atoms with van der Waals surface area (Å²) < 4.78 is 0. The van der Waals surface area contributed by atoms with Crippen LogP contribution in [0.2, 0.25) is 0 Å². The van der Waals surface area contributed by atoms with Crippen molar-refractivity contribution in [3.63, 3.8) is 0 Å². The van der Waals surface area contributed by atoms with Gasteiger partial charge in [0, 0.05) is 0 Å². The quantitative estimate of drug-likeness (QED) is 0.449. The molecule has 7 unspecified atom stereocenters. The topological polar surface area (TPSA) is 0 Å². The predicted molar refractivity (Wildman–Crippen MR) is 113 cm³/mol. The van der Waals surface area contributed by atoms with Crippen molar-refractivity contribution in [1.82, 2.24) is 0 Å². The van der Waals surface area contributed by atoms with Crippen molar-refractivity contribution in [3.05, 3.63) is 12.2 Å². The molecule has 8 atom stereocenters. The summed E-state index contributed by atoms with van der Waals surface area (Å²) in [4.78, 5) is 0. The third kappa shape index (κ3) is 2.84. The van der Waals surface area contributed by atoms with E-state index in [1.54, 1.807) is 25.7 Å². The fourth-order valence-corrected chi connectivity index (χ4v) is 8.80. The Morgan fingerprint density at radius 2 is 1.54 bits per heavy atom. The summed E-state index contributed by atoms with van der Waals surface area (Å²) >= 11 is 0. The van der Waals surface area contributed by atoms with Gasteiger partial charge in [-0.1, -0.05) is 39.3 Å².